The van der Waals surface area contributed by atoms with Crippen molar-refractivity contribution >= 4 is 23.2 Å². The van der Waals surface area contributed by atoms with Gasteiger partial charge in [-0.15, -0.1) is 0 Å². The van der Waals surface area contributed by atoms with Gasteiger partial charge < -0.3 is 4.90 Å². The number of amides is 1. The zero-order chi connectivity index (χ0) is 10.3. The molecule has 0 radical (unpaired) electrons. The summed E-state index contributed by atoms with van der Waals surface area (Å²) in [7, 11) is 1.89. The molecule has 0 spiro atoms. The van der Waals surface area contributed by atoms with E-state index in [2.05, 4.69) is 18.8 Å². The SMILES string of the molecule is CN1CC(C)(C)CC2N=CSC2C1=O. The smallest absolute Gasteiger partial charge is 0.238 e. The lowest BCUT2D eigenvalue weighted by Crippen LogP contribution is -2.37. The number of fused-ring (bicyclic) bond motifs is 1. The number of carbonyl (C=O) groups excluding carboxylic acids is 1. The van der Waals surface area contributed by atoms with Crippen LogP contribution >= 0.6 is 11.8 Å². The van der Waals surface area contributed by atoms with Crippen LogP contribution in [0.2, 0.25) is 0 Å². The minimum absolute atomic E-state index is 0.0433. The normalized spacial score (nSPS) is 35.6. The topological polar surface area (TPSA) is 32.7 Å². The summed E-state index contributed by atoms with van der Waals surface area (Å²) in [6, 6.07) is 0.201. The summed E-state index contributed by atoms with van der Waals surface area (Å²) in [5.41, 5.74) is 2.02. The molecule has 1 saturated heterocycles. The van der Waals surface area contributed by atoms with Crippen LogP contribution in [0.4, 0.5) is 0 Å². The van der Waals surface area contributed by atoms with Crippen molar-refractivity contribution < 1.29 is 4.79 Å². The zero-order valence-corrected chi connectivity index (χ0v) is 9.67. The quantitative estimate of drug-likeness (QED) is 0.608. The second-order valence-corrected chi connectivity index (χ2v) is 5.93. The molecule has 0 aromatic carbocycles. The fraction of sp³-hybridized carbons (Fsp3) is 0.800. The van der Waals surface area contributed by atoms with Crippen molar-refractivity contribution in [3.8, 4) is 0 Å². The Morgan fingerprint density at radius 1 is 1.64 bits per heavy atom. The third kappa shape index (κ3) is 1.67. The number of rotatable bonds is 0. The molecule has 1 amide bonds. The molecule has 0 N–H and O–H groups in total. The van der Waals surface area contributed by atoms with Gasteiger partial charge in [0.25, 0.3) is 0 Å². The van der Waals surface area contributed by atoms with Gasteiger partial charge in [-0.2, -0.15) is 0 Å². The highest BCUT2D eigenvalue weighted by atomic mass is 32.2. The highest BCUT2D eigenvalue weighted by Crippen LogP contribution is 2.36. The average Bonchev–Trinajstić information content (AvgIpc) is 2.45. The molecule has 2 heterocycles. The molecule has 3 nitrogen and oxygen atoms in total. The largest absolute Gasteiger partial charge is 0.344 e. The third-order valence-corrected chi connectivity index (χ3v) is 3.91. The minimum atomic E-state index is 0.0433. The van der Waals surface area contributed by atoms with Gasteiger partial charge >= 0.3 is 0 Å². The van der Waals surface area contributed by atoms with Crippen molar-refractivity contribution in [1.82, 2.24) is 4.90 Å². The molecule has 2 rings (SSSR count). The molecule has 0 saturated carbocycles. The van der Waals surface area contributed by atoms with Gasteiger partial charge in [0.1, 0.15) is 5.25 Å². The van der Waals surface area contributed by atoms with E-state index in [1.165, 1.54) is 0 Å². The van der Waals surface area contributed by atoms with E-state index in [-0.39, 0.29) is 22.6 Å². The van der Waals surface area contributed by atoms with Crippen molar-refractivity contribution in [2.45, 2.75) is 31.6 Å². The molecule has 0 aromatic rings. The van der Waals surface area contributed by atoms with E-state index in [1.54, 1.807) is 11.8 Å². The van der Waals surface area contributed by atoms with Gasteiger partial charge in [0, 0.05) is 13.6 Å². The van der Waals surface area contributed by atoms with E-state index in [0.717, 1.165) is 13.0 Å². The van der Waals surface area contributed by atoms with Gasteiger partial charge in [-0.05, 0) is 11.8 Å². The molecular formula is C10H16N2OS. The highest BCUT2D eigenvalue weighted by Gasteiger charge is 2.41. The van der Waals surface area contributed by atoms with Crippen LogP contribution in [0, 0.1) is 5.41 Å². The van der Waals surface area contributed by atoms with E-state index < -0.39 is 0 Å². The predicted octanol–water partition coefficient (Wildman–Crippen LogP) is 1.39. The molecule has 78 valence electrons. The van der Waals surface area contributed by atoms with Gasteiger partial charge in [-0.3, -0.25) is 9.79 Å². The van der Waals surface area contributed by atoms with Crippen molar-refractivity contribution in [2.24, 2.45) is 10.4 Å². The fourth-order valence-corrected chi connectivity index (χ4v) is 3.30. The Labute approximate surface area is 89.0 Å². The molecule has 1 fully saturated rings. The van der Waals surface area contributed by atoms with E-state index in [9.17, 15) is 4.79 Å². The lowest BCUT2D eigenvalue weighted by atomic mass is 9.86. The molecule has 2 atom stereocenters. The van der Waals surface area contributed by atoms with E-state index in [4.69, 9.17) is 0 Å². The van der Waals surface area contributed by atoms with Crippen LogP contribution < -0.4 is 0 Å². The first-order chi connectivity index (χ1) is 6.49. The number of hydrogen-bond donors (Lipinski definition) is 0. The maximum absolute atomic E-state index is 11.9. The Morgan fingerprint density at radius 3 is 3.07 bits per heavy atom. The van der Waals surface area contributed by atoms with Crippen molar-refractivity contribution in [3.63, 3.8) is 0 Å². The molecule has 2 unspecified atom stereocenters. The fourth-order valence-electron chi connectivity index (χ4n) is 2.30. The molecule has 14 heavy (non-hydrogen) atoms. The molecular weight excluding hydrogens is 196 g/mol. The third-order valence-electron chi connectivity index (χ3n) is 2.86. The lowest BCUT2D eigenvalue weighted by Gasteiger charge is -2.27. The highest BCUT2D eigenvalue weighted by molar-refractivity contribution is 8.13. The van der Waals surface area contributed by atoms with Crippen LogP contribution in [0.3, 0.4) is 0 Å². The molecule has 2 aliphatic rings. The van der Waals surface area contributed by atoms with Crippen LogP contribution in [0.25, 0.3) is 0 Å². The maximum Gasteiger partial charge on any atom is 0.238 e. The Morgan fingerprint density at radius 2 is 2.36 bits per heavy atom. The summed E-state index contributed by atoms with van der Waals surface area (Å²) >= 11 is 1.57. The van der Waals surface area contributed by atoms with Gasteiger partial charge in [-0.1, -0.05) is 25.6 Å². The maximum atomic E-state index is 11.9. The first-order valence-electron chi connectivity index (χ1n) is 4.92. The first-order valence-corrected chi connectivity index (χ1v) is 5.86. The zero-order valence-electron chi connectivity index (χ0n) is 8.86. The second kappa shape index (κ2) is 3.26. The number of thioether (sulfide) groups is 1. The van der Waals surface area contributed by atoms with Crippen LogP contribution in [0.15, 0.2) is 4.99 Å². The Kier molecular flexibility index (Phi) is 2.33. The molecule has 2 aliphatic heterocycles. The van der Waals surface area contributed by atoms with Crippen LogP contribution in [0.1, 0.15) is 20.3 Å². The second-order valence-electron chi connectivity index (χ2n) is 4.94. The molecule has 0 bridgehead atoms. The number of carbonyl (C=O) groups is 1. The van der Waals surface area contributed by atoms with E-state index in [0.29, 0.717) is 0 Å². The molecule has 0 aliphatic carbocycles. The monoisotopic (exact) mass is 212 g/mol. The Bertz CT molecular complexity index is 288. The lowest BCUT2D eigenvalue weighted by molar-refractivity contribution is -0.129. The minimum Gasteiger partial charge on any atom is -0.344 e. The van der Waals surface area contributed by atoms with Crippen LogP contribution in [-0.4, -0.2) is 41.2 Å². The number of nitrogens with zero attached hydrogens (tertiary/aromatic N) is 2. The van der Waals surface area contributed by atoms with E-state index in [1.807, 2.05) is 17.5 Å². The first kappa shape index (κ1) is 10.0. The van der Waals surface area contributed by atoms with Crippen molar-refractivity contribution in [3.05, 3.63) is 0 Å². The predicted molar refractivity (Wildman–Crippen MR) is 59.7 cm³/mol. The summed E-state index contributed by atoms with van der Waals surface area (Å²) in [6.45, 7) is 5.25. The summed E-state index contributed by atoms with van der Waals surface area (Å²) in [6.07, 6.45) is 1.01. The Balaban J connectivity index is 2.26. The molecule has 0 aromatic heterocycles. The van der Waals surface area contributed by atoms with Crippen molar-refractivity contribution in [1.29, 1.82) is 0 Å². The number of hydrogen-bond acceptors (Lipinski definition) is 3. The Hall–Kier alpha value is -0.510. The van der Waals surface area contributed by atoms with E-state index >= 15 is 0 Å². The van der Waals surface area contributed by atoms with Crippen LogP contribution in [0.5, 0.6) is 0 Å². The summed E-state index contributed by atoms with van der Waals surface area (Å²) < 4.78 is 0. The summed E-state index contributed by atoms with van der Waals surface area (Å²) in [5.74, 6) is 0.239. The van der Waals surface area contributed by atoms with Gasteiger partial charge in [0.15, 0.2) is 0 Å². The molecule has 4 heteroatoms. The average molecular weight is 212 g/mol. The standard InChI is InChI=1S/C10H16N2OS/c1-10(2)4-7-8(14-6-11-7)9(13)12(3)5-10/h6-8H,4-5H2,1-3H3. The van der Waals surface area contributed by atoms with Gasteiger partial charge in [-0.25, -0.2) is 0 Å². The van der Waals surface area contributed by atoms with Crippen LogP contribution in [-0.2, 0) is 4.79 Å². The number of likely N-dealkylation sites (tertiary alicyclic amines) is 1. The summed E-state index contributed by atoms with van der Waals surface area (Å²) in [5, 5.41) is 0.0433. The van der Waals surface area contributed by atoms with Gasteiger partial charge in [0.05, 0.1) is 11.6 Å². The van der Waals surface area contributed by atoms with Gasteiger partial charge in [0.2, 0.25) is 5.91 Å². The number of aliphatic imine (C=N–C) groups is 1. The summed E-state index contributed by atoms with van der Waals surface area (Å²) in [4.78, 5) is 18.2. The van der Waals surface area contributed by atoms with Crippen molar-refractivity contribution in [2.75, 3.05) is 13.6 Å².